The number of nitrogens with zero attached hydrogens (tertiary/aromatic N) is 4. The van der Waals surface area contributed by atoms with Gasteiger partial charge in [0.15, 0.2) is 6.29 Å². The van der Waals surface area contributed by atoms with Gasteiger partial charge in [0.2, 0.25) is 0 Å². The molecule has 0 aliphatic carbocycles. The molecule has 2 heterocycles. The number of carbonyl (C=O) groups excluding carboxylic acids is 1. The quantitative estimate of drug-likeness (QED) is 0.693. The van der Waals surface area contributed by atoms with E-state index in [9.17, 15) is 4.79 Å². The summed E-state index contributed by atoms with van der Waals surface area (Å²) in [5, 5.41) is 0. The number of piperazine rings is 1. The van der Waals surface area contributed by atoms with Crippen molar-refractivity contribution in [1.29, 1.82) is 0 Å². The second-order valence-corrected chi connectivity index (χ2v) is 4.62. The average molecular weight is 234 g/mol. The molecule has 5 heteroatoms. The van der Waals surface area contributed by atoms with Gasteiger partial charge in [-0.25, -0.2) is 9.97 Å². The topological polar surface area (TPSA) is 49.3 Å². The van der Waals surface area contributed by atoms with E-state index in [1.54, 1.807) is 12.3 Å². The highest BCUT2D eigenvalue weighted by atomic mass is 16.1. The Morgan fingerprint density at radius 1 is 1.47 bits per heavy atom. The van der Waals surface area contributed by atoms with E-state index >= 15 is 0 Å². The van der Waals surface area contributed by atoms with Crippen molar-refractivity contribution in [3.63, 3.8) is 0 Å². The van der Waals surface area contributed by atoms with Crippen LogP contribution in [0.1, 0.15) is 16.3 Å². The molecule has 0 saturated carbocycles. The molecule has 5 nitrogen and oxygen atoms in total. The molecule has 0 radical (unpaired) electrons. The second-order valence-electron chi connectivity index (χ2n) is 4.62. The van der Waals surface area contributed by atoms with E-state index in [2.05, 4.69) is 33.9 Å². The Morgan fingerprint density at radius 3 is 3.06 bits per heavy atom. The number of likely N-dealkylation sites (N-methyl/N-ethyl adjacent to an activating group) is 2. The third-order valence-corrected chi connectivity index (χ3v) is 3.25. The van der Waals surface area contributed by atoms with E-state index in [1.165, 1.54) is 0 Å². The molecule has 1 aliphatic heterocycles. The molecule has 0 aromatic carbocycles. The highest BCUT2D eigenvalue weighted by Crippen LogP contribution is 2.10. The smallest absolute Gasteiger partial charge is 0.168 e. The number of carbonyl (C=O) groups is 1. The van der Waals surface area contributed by atoms with Crippen molar-refractivity contribution in [3.05, 3.63) is 23.8 Å². The average Bonchev–Trinajstić information content (AvgIpc) is 2.34. The summed E-state index contributed by atoms with van der Waals surface area (Å²) in [6, 6.07) is 2.06. The molecule has 0 bridgehead atoms. The summed E-state index contributed by atoms with van der Waals surface area (Å²) >= 11 is 0. The monoisotopic (exact) mass is 234 g/mol. The van der Waals surface area contributed by atoms with Crippen molar-refractivity contribution >= 4 is 6.29 Å². The fourth-order valence-electron chi connectivity index (χ4n) is 2.11. The van der Waals surface area contributed by atoms with Gasteiger partial charge in [-0.05, 0) is 20.2 Å². The maximum absolute atomic E-state index is 10.7. The van der Waals surface area contributed by atoms with E-state index < -0.39 is 0 Å². The summed E-state index contributed by atoms with van der Waals surface area (Å²) in [6.07, 6.45) is 3.21. The predicted octanol–water partition coefficient (Wildman–Crippen LogP) is 0.0774. The van der Waals surface area contributed by atoms with Gasteiger partial charge in [-0.15, -0.1) is 0 Å². The van der Waals surface area contributed by atoms with Crippen molar-refractivity contribution in [1.82, 2.24) is 19.8 Å². The molecule has 1 aromatic rings. The van der Waals surface area contributed by atoms with Crippen LogP contribution in [0, 0.1) is 0 Å². The van der Waals surface area contributed by atoms with E-state index in [4.69, 9.17) is 0 Å². The summed E-state index contributed by atoms with van der Waals surface area (Å²) in [4.78, 5) is 23.7. The van der Waals surface area contributed by atoms with Crippen molar-refractivity contribution in [2.75, 3.05) is 33.7 Å². The molecule has 1 unspecified atom stereocenters. The third kappa shape index (κ3) is 3.08. The van der Waals surface area contributed by atoms with Gasteiger partial charge in [0.05, 0.1) is 0 Å². The number of aromatic nitrogens is 2. The van der Waals surface area contributed by atoms with Crippen LogP contribution in [0.5, 0.6) is 0 Å². The lowest BCUT2D eigenvalue weighted by Crippen LogP contribution is -2.50. The zero-order chi connectivity index (χ0) is 12.3. The predicted molar refractivity (Wildman–Crippen MR) is 65.0 cm³/mol. The first-order valence-electron chi connectivity index (χ1n) is 5.85. The van der Waals surface area contributed by atoms with Gasteiger partial charge < -0.3 is 9.80 Å². The first-order valence-corrected chi connectivity index (χ1v) is 5.85. The van der Waals surface area contributed by atoms with Crippen LogP contribution < -0.4 is 0 Å². The molecular formula is C12H18N4O. The standard InChI is InChI=1S/C12H18N4O/c1-15-5-6-16(2)11(8-15)7-12-13-4-3-10(9-17)14-12/h3-4,9,11H,5-8H2,1-2H3. The van der Waals surface area contributed by atoms with Crippen LogP contribution in [0.25, 0.3) is 0 Å². The first-order chi connectivity index (χ1) is 8.19. The fraction of sp³-hybridized carbons (Fsp3) is 0.583. The Bertz CT molecular complexity index is 396. The summed E-state index contributed by atoms with van der Waals surface area (Å²) in [5.41, 5.74) is 0.460. The Morgan fingerprint density at radius 2 is 2.29 bits per heavy atom. The lowest BCUT2D eigenvalue weighted by atomic mass is 10.1. The summed E-state index contributed by atoms with van der Waals surface area (Å²) in [5.74, 6) is 0.752. The van der Waals surface area contributed by atoms with Gasteiger partial charge in [-0.3, -0.25) is 4.79 Å². The van der Waals surface area contributed by atoms with Crippen LogP contribution in [0.15, 0.2) is 12.3 Å². The van der Waals surface area contributed by atoms with E-state index in [-0.39, 0.29) is 0 Å². The van der Waals surface area contributed by atoms with E-state index in [1.807, 2.05) is 0 Å². The molecule has 0 N–H and O–H groups in total. The third-order valence-electron chi connectivity index (χ3n) is 3.25. The minimum Gasteiger partial charge on any atom is -0.304 e. The Hall–Kier alpha value is -1.33. The number of rotatable bonds is 3. The molecule has 17 heavy (non-hydrogen) atoms. The van der Waals surface area contributed by atoms with Crippen molar-refractivity contribution in [2.24, 2.45) is 0 Å². The molecule has 1 atom stereocenters. The first kappa shape index (κ1) is 12.1. The van der Waals surface area contributed by atoms with E-state index in [0.717, 1.165) is 38.2 Å². The van der Waals surface area contributed by atoms with E-state index in [0.29, 0.717) is 11.7 Å². The zero-order valence-corrected chi connectivity index (χ0v) is 10.3. The lowest BCUT2D eigenvalue weighted by molar-refractivity contribution is 0.111. The van der Waals surface area contributed by atoms with Gasteiger partial charge in [-0.2, -0.15) is 0 Å². The maximum Gasteiger partial charge on any atom is 0.168 e. The Kier molecular flexibility index (Phi) is 3.81. The minimum absolute atomic E-state index is 0.427. The van der Waals surface area contributed by atoms with Crippen LogP contribution in [0.2, 0.25) is 0 Å². The summed E-state index contributed by atoms with van der Waals surface area (Å²) in [7, 11) is 4.25. The van der Waals surface area contributed by atoms with Gasteiger partial charge in [0.25, 0.3) is 0 Å². The Balaban J connectivity index is 2.05. The largest absolute Gasteiger partial charge is 0.304 e. The van der Waals surface area contributed by atoms with Crippen LogP contribution in [0.3, 0.4) is 0 Å². The number of aldehydes is 1. The van der Waals surface area contributed by atoms with Crippen LogP contribution in [-0.4, -0.2) is 65.8 Å². The molecule has 0 amide bonds. The molecule has 1 aromatic heterocycles. The van der Waals surface area contributed by atoms with Gasteiger partial charge in [0.1, 0.15) is 11.5 Å². The molecule has 1 aliphatic rings. The fourth-order valence-corrected chi connectivity index (χ4v) is 2.11. The Labute approximate surface area is 101 Å². The maximum atomic E-state index is 10.7. The van der Waals surface area contributed by atoms with Gasteiger partial charge in [0, 0.05) is 38.3 Å². The van der Waals surface area contributed by atoms with Crippen LogP contribution >= 0.6 is 0 Å². The highest BCUT2D eigenvalue weighted by molar-refractivity contribution is 5.71. The number of hydrogen-bond acceptors (Lipinski definition) is 5. The van der Waals surface area contributed by atoms with Crippen LogP contribution in [-0.2, 0) is 6.42 Å². The normalized spacial score (nSPS) is 22.6. The number of hydrogen-bond donors (Lipinski definition) is 0. The zero-order valence-electron chi connectivity index (χ0n) is 10.3. The lowest BCUT2D eigenvalue weighted by Gasteiger charge is -2.37. The molecule has 1 fully saturated rings. The minimum atomic E-state index is 0.427. The molecular weight excluding hydrogens is 216 g/mol. The van der Waals surface area contributed by atoms with Gasteiger partial charge >= 0.3 is 0 Å². The molecule has 92 valence electrons. The summed E-state index contributed by atoms with van der Waals surface area (Å²) in [6.45, 7) is 3.18. The summed E-state index contributed by atoms with van der Waals surface area (Å²) < 4.78 is 0. The SMILES string of the molecule is CN1CCN(C)C(Cc2nccc(C=O)n2)C1. The molecule has 1 saturated heterocycles. The van der Waals surface area contributed by atoms with Crippen molar-refractivity contribution in [2.45, 2.75) is 12.5 Å². The molecule has 2 rings (SSSR count). The van der Waals surface area contributed by atoms with Gasteiger partial charge in [-0.1, -0.05) is 0 Å². The molecule has 0 spiro atoms. The van der Waals surface area contributed by atoms with Crippen LogP contribution in [0.4, 0.5) is 0 Å². The highest BCUT2D eigenvalue weighted by Gasteiger charge is 2.23. The second kappa shape index (κ2) is 5.33. The van der Waals surface area contributed by atoms with Crippen molar-refractivity contribution < 1.29 is 4.79 Å². The van der Waals surface area contributed by atoms with Crippen molar-refractivity contribution in [3.8, 4) is 0 Å².